The van der Waals surface area contributed by atoms with Crippen LogP contribution in [-0.2, 0) is 0 Å². The van der Waals surface area contributed by atoms with Crippen LogP contribution in [0.5, 0.6) is 5.75 Å². The Morgan fingerprint density at radius 3 is 2.12 bits per heavy atom. The molecule has 5 nitrogen and oxygen atoms in total. The van der Waals surface area contributed by atoms with Gasteiger partial charge in [-0.25, -0.2) is 0 Å². The van der Waals surface area contributed by atoms with Gasteiger partial charge in [0.15, 0.2) is 0 Å². The number of amides is 1. The minimum atomic E-state index is 0.0557. The van der Waals surface area contributed by atoms with E-state index in [9.17, 15) is 4.79 Å². The normalized spacial score (nSPS) is 18.5. The van der Waals surface area contributed by atoms with Crippen molar-refractivity contribution in [1.82, 2.24) is 9.80 Å². The van der Waals surface area contributed by atoms with Crippen LogP contribution < -0.4 is 4.74 Å². The first kappa shape index (κ1) is 22.4. The summed E-state index contributed by atoms with van der Waals surface area (Å²) in [7, 11) is 0. The molecule has 2 aromatic rings. The molecule has 2 aliphatic heterocycles. The summed E-state index contributed by atoms with van der Waals surface area (Å²) in [6.07, 6.45) is 4.43. The molecule has 0 bridgehead atoms. The lowest BCUT2D eigenvalue weighted by atomic mass is 9.89. The SMILES string of the molecule is CC(C)N1CCC(Oc2ccc(C3CCN(C(=O)c4ccc(C#N)cc4)CC3)cc2)CC1. The third kappa shape index (κ3) is 5.31. The van der Waals surface area contributed by atoms with Crippen molar-refractivity contribution in [2.75, 3.05) is 26.2 Å². The van der Waals surface area contributed by atoms with Gasteiger partial charge in [-0.15, -0.1) is 0 Å². The zero-order chi connectivity index (χ0) is 22.5. The van der Waals surface area contributed by atoms with Crippen molar-refractivity contribution >= 4 is 5.91 Å². The zero-order valence-electron chi connectivity index (χ0n) is 19.2. The molecule has 5 heteroatoms. The average molecular weight is 432 g/mol. The van der Waals surface area contributed by atoms with Gasteiger partial charge >= 0.3 is 0 Å². The molecular weight excluding hydrogens is 398 g/mol. The van der Waals surface area contributed by atoms with Crippen LogP contribution in [0.1, 0.15) is 66.9 Å². The summed E-state index contributed by atoms with van der Waals surface area (Å²) in [5.74, 6) is 1.49. The van der Waals surface area contributed by atoms with Gasteiger partial charge < -0.3 is 14.5 Å². The highest BCUT2D eigenvalue weighted by Crippen LogP contribution is 2.30. The van der Waals surface area contributed by atoms with E-state index in [1.54, 1.807) is 24.3 Å². The van der Waals surface area contributed by atoms with Crippen LogP contribution in [-0.4, -0.2) is 54.0 Å². The van der Waals surface area contributed by atoms with E-state index >= 15 is 0 Å². The highest BCUT2D eigenvalue weighted by Gasteiger charge is 2.25. The second-order valence-electron chi connectivity index (χ2n) is 9.27. The van der Waals surface area contributed by atoms with Gasteiger partial charge in [-0.1, -0.05) is 12.1 Å². The zero-order valence-corrected chi connectivity index (χ0v) is 19.2. The molecule has 0 radical (unpaired) electrons. The van der Waals surface area contributed by atoms with Crippen LogP contribution in [0.3, 0.4) is 0 Å². The summed E-state index contributed by atoms with van der Waals surface area (Å²) in [6.45, 7) is 8.26. The fourth-order valence-corrected chi connectivity index (χ4v) is 4.81. The van der Waals surface area contributed by atoms with Gasteiger partial charge in [-0.2, -0.15) is 5.26 Å². The molecular formula is C27H33N3O2. The molecule has 0 atom stereocenters. The molecule has 0 unspecified atom stereocenters. The molecule has 4 rings (SSSR count). The molecule has 2 aromatic carbocycles. The molecule has 32 heavy (non-hydrogen) atoms. The van der Waals surface area contributed by atoms with Gasteiger partial charge in [-0.05, 0) is 87.4 Å². The van der Waals surface area contributed by atoms with E-state index in [1.807, 2.05) is 4.90 Å². The highest BCUT2D eigenvalue weighted by atomic mass is 16.5. The maximum atomic E-state index is 12.8. The maximum absolute atomic E-state index is 12.8. The molecule has 2 aliphatic rings. The van der Waals surface area contributed by atoms with Gasteiger partial charge in [0.2, 0.25) is 0 Å². The fourth-order valence-electron chi connectivity index (χ4n) is 4.81. The van der Waals surface area contributed by atoms with Crippen molar-refractivity contribution in [3.8, 4) is 11.8 Å². The van der Waals surface area contributed by atoms with Crippen molar-refractivity contribution in [1.29, 1.82) is 5.26 Å². The van der Waals surface area contributed by atoms with E-state index in [4.69, 9.17) is 10.00 Å². The maximum Gasteiger partial charge on any atom is 0.253 e. The summed E-state index contributed by atoms with van der Waals surface area (Å²) in [6, 6.07) is 18.2. The Balaban J connectivity index is 1.27. The van der Waals surface area contributed by atoms with E-state index in [-0.39, 0.29) is 5.91 Å². The Labute approximate surface area is 191 Å². The van der Waals surface area contributed by atoms with Gasteiger partial charge in [0.05, 0.1) is 11.6 Å². The molecule has 0 saturated carbocycles. The number of likely N-dealkylation sites (tertiary alicyclic amines) is 2. The van der Waals surface area contributed by atoms with E-state index in [2.05, 4.69) is 49.1 Å². The molecule has 168 valence electrons. The lowest BCUT2D eigenvalue weighted by molar-refractivity contribution is 0.0713. The van der Waals surface area contributed by atoms with Gasteiger partial charge in [0.25, 0.3) is 5.91 Å². The summed E-state index contributed by atoms with van der Waals surface area (Å²) < 4.78 is 6.24. The number of carbonyl (C=O) groups is 1. The van der Waals surface area contributed by atoms with Crippen molar-refractivity contribution in [3.05, 3.63) is 65.2 Å². The number of nitrogens with zero attached hydrogens (tertiary/aromatic N) is 3. The second kappa shape index (κ2) is 10.2. The minimum absolute atomic E-state index is 0.0557. The molecule has 1 amide bonds. The Hall–Kier alpha value is -2.84. The third-order valence-electron chi connectivity index (χ3n) is 6.90. The van der Waals surface area contributed by atoms with Gasteiger partial charge in [0, 0.05) is 37.8 Å². The third-order valence-corrected chi connectivity index (χ3v) is 6.90. The number of nitriles is 1. The lowest BCUT2D eigenvalue weighted by Crippen LogP contribution is -2.41. The van der Waals surface area contributed by atoms with Crippen molar-refractivity contribution in [2.45, 2.75) is 57.6 Å². The largest absolute Gasteiger partial charge is 0.490 e. The predicted molar refractivity (Wildman–Crippen MR) is 126 cm³/mol. The quantitative estimate of drug-likeness (QED) is 0.680. The van der Waals surface area contributed by atoms with Crippen molar-refractivity contribution < 1.29 is 9.53 Å². The topological polar surface area (TPSA) is 56.6 Å². The smallest absolute Gasteiger partial charge is 0.253 e. The molecule has 2 fully saturated rings. The van der Waals surface area contributed by atoms with Crippen molar-refractivity contribution in [3.63, 3.8) is 0 Å². The monoisotopic (exact) mass is 431 g/mol. The number of hydrogen-bond donors (Lipinski definition) is 0. The Bertz CT molecular complexity index is 930. The first-order valence-corrected chi connectivity index (χ1v) is 11.8. The number of benzene rings is 2. The predicted octanol–water partition coefficient (Wildman–Crippen LogP) is 4.83. The molecule has 0 aliphatic carbocycles. The number of ether oxygens (including phenoxy) is 1. The van der Waals surface area contributed by atoms with Crippen LogP contribution in [0, 0.1) is 11.3 Å². The van der Waals surface area contributed by atoms with Gasteiger partial charge in [0.1, 0.15) is 11.9 Å². The van der Waals surface area contributed by atoms with E-state index in [1.165, 1.54) is 5.56 Å². The average Bonchev–Trinajstić information content (AvgIpc) is 2.84. The van der Waals surface area contributed by atoms with Crippen LogP contribution in [0.4, 0.5) is 0 Å². The Kier molecular flexibility index (Phi) is 7.12. The summed E-state index contributed by atoms with van der Waals surface area (Å²) in [5, 5.41) is 8.93. The Morgan fingerprint density at radius 1 is 0.938 bits per heavy atom. The first-order chi connectivity index (χ1) is 15.5. The van der Waals surface area contributed by atoms with E-state index in [0.717, 1.165) is 57.6 Å². The molecule has 0 N–H and O–H groups in total. The Morgan fingerprint density at radius 2 is 1.56 bits per heavy atom. The van der Waals surface area contributed by atoms with Crippen LogP contribution in [0.15, 0.2) is 48.5 Å². The first-order valence-electron chi connectivity index (χ1n) is 11.8. The molecule has 0 spiro atoms. The molecule has 2 heterocycles. The second-order valence-corrected chi connectivity index (χ2v) is 9.27. The lowest BCUT2D eigenvalue weighted by Gasteiger charge is -2.34. The summed E-state index contributed by atoms with van der Waals surface area (Å²) >= 11 is 0. The van der Waals surface area contributed by atoms with Crippen LogP contribution in [0.2, 0.25) is 0 Å². The van der Waals surface area contributed by atoms with Gasteiger partial charge in [-0.3, -0.25) is 4.79 Å². The summed E-state index contributed by atoms with van der Waals surface area (Å²) in [5.41, 5.74) is 2.56. The number of rotatable bonds is 5. The van der Waals surface area contributed by atoms with Crippen LogP contribution >= 0.6 is 0 Å². The minimum Gasteiger partial charge on any atom is -0.490 e. The standard InChI is InChI=1S/C27H33N3O2/c1-20(2)29-17-13-26(14-18-29)32-25-9-7-22(8-10-25)23-11-15-30(16-12-23)27(31)24-5-3-21(19-28)4-6-24/h3-10,20,23,26H,11-18H2,1-2H3. The number of carbonyl (C=O) groups excluding carboxylic acids is 1. The van der Waals surface area contributed by atoms with Crippen LogP contribution in [0.25, 0.3) is 0 Å². The number of hydrogen-bond acceptors (Lipinski definition) is 4. The molecule has 2 saturated heterocycles. The number of piperidine rings is 2. The van der Waals surface area contributed by atoms with E-state index in [0.29, 0.717) is 29.2 Å². The van der Waals surface area contributed by atoms with Crippen molar-refractivity contribution in [2.24, 2.45) is 0 Å². The fraction of sp³-hybridized carbons (Fsp3) is 0.481. The van der Waals surface area contributed by atoms with E-state index < -0.39 is 0 Å². The summed E-state index contributed by atoms with van der Waals surface area (Å²) in [4.78, 5) is 17.2. The molecule has 0 aromatic heterocycles. The highest BCUT2D eigenvalue weighted by molar-refractivity contribution is 5.94.